The maximum atomic E-state index is 13.2. The van der Waals surface area contributed by atoms with Gasteiger partial charge in [-0.15, -0.1) is 0 Å². The zero-order valence-corrected chi connectivity index (χ0v) is 16.6. The number of nitrogens with one attached hydrogen (secondary N) is 1. The Balaban J connectivity index is 1.44. The molecule has 6 nitrogen and oxygen atoms in total. The van der Waals surface area contributed by atoms with Gasteiger partial charge in [-0.3, -0.25) is 14.6 Å². The molecule has 1 aliphatic carbocycles. The summed E-state index contributed by atoms with van der Waals surface area (Å²) in [7, 11) is 1.78. The summed E-state index contributed by atoms with van der Waals surface area (Å²) in [5.41, 5.74) is 4.80. The fourth-order valence-corrected chi connectivity index (χ4v) is 4.08. The van der Waals surface area contributed by atoms with Crippen LogP contribution in [0.25, 0.3) is 10.9 Å². The molecule has 2 aromatic carbocycles. The van der Waals surface area contributed by atoms with E-state index >= 15 is 0 Å². The minimum absolute atomic E-state index is 0.144. The summed E-state index contributed by atoms with van der Waals surface area (Å²) >= 11 is 0. The van der Waals surface area contributed by atoms with Crippen molar-refractivity contribution in [1.82, 2.24) is 14.5 Å². The molecule has 0 atom stereocenters. The monoisotopic (exact) mass is 396 g/mol. The van der Waals surface area contributed by atoms with Gasteiger partial charge >= 0.3 is 0 Å². The molecule has 30 heavy (non-hydrogen) atoms. The third kappa shape index (κ3) is 3.06. The summed E-state index contributed by atoms with van der Waals surface area (Å²) in [5.74, 6) is 0.0823. The summed E-state index contributed by atoms with van der Waals surface area (Å²) in [6.07, 6.45) is 6.12. The number of aryl methyl sites for hydroxylation is 2. The van der Waals surface area contributed by atoms with Gasteiger partial charge in [0.05, 0.1) is 11.1 Å². The Morgan fingerprint density at radius 2 is 1.83 bits per heavy atom. The summed E-state index contributed by atoms with van der Waals surface area (Å²) in [4.78, 5) is 34.6. The number of ketones is 1. The van der Waals surface area contributed by atoms with Crippen LogP contribution in [0.1, 0.15) is 44.2 Å². The molecule has 1 amide bonds. The van der Waals surface area contributed by atoms with Crippen LogP contribution < -0.4 is 5.32 Å². The van der Waals surface area contributed by atoms with E-state index in [9.17, 15) is 9.59 Å². The Kier molecular flexibility index (Phi) is 4.39. The van der Waals surface area contributed by atoms with E-state index in [1.807, 2.05) is 24.3 Å². The highest BCUT2D eigenvalue weighted by molar-refractivity contribution is 6.14. The first-order chi connectivity index (χ1) is 14.6. The van der Waals surface area contributed by atoms with E-state index in [4.69, 9.17) is 4.98 Å². The summed E-state index contributed by atoms with van der Waals surface area (Å²) in [6.45, 7) is 0. The molecular weight excluding hydrogens is 376 g/mol. The number of benzene rings is 2. The predicted octanol–water partition coefficient (Wildman–Crippen LogP) is 3.94. The van der Waals surface area contributed by atoms with E-state index in [1.54, 1.807) is 48.3 Å². The maximum absolute atomic E-state index is 13.2. The van der Waals surface area contributed by atoms with Crippen LogP contribution in [0, 0.1) is 0 Å². The third-order valence-corrected chi connectivity index (χ3v) is 5.58. The van der Waals surface area contributed by atoms with Crippen LogP contribution in [0.2, 0.25) is 0 Å². The number of carbonyl (C=O) groups is 2. The molecule has 148 valence electrons. The number of para-hydroxylation sites is 1. The molecule has 0 saturated carbocycles. The van der Waals surface area contributed by atoms with Crippen LogP contribution in [-0.4, -0.2) is 26.2 Å². The van der Waals surface area contributed by atoms with Crippen molar-refractivity contribution < 1.29 is 9.59 Å². The number of hydrogen-bond acceptors (Lipinski definition) is 4. The number of rotatable bonds is 4. The van der Waals surface area contributed by atoms with Crippen molar-refractivity contribution >= 4 is 28.3 Å². The first-order valence-electron chi connectivity index (χ1n) is 9.96. The second-order valence-electron chi connectivity index (χ2n) is 7.51. The Bertz CT molecular complexity index is 1290. The number of amides is 1. The van der Waals surface area contributed by atoms with Gasteiger partial charge in [0.1, 0.15) is 0 Å². The van der Waals surface area contributed by atoms with Gasteiger partial charge in [-0.2, -0.15) is 0 Å². The lowest BCUT2D eigenvalue weighted by atomic mass is 10.0. The largest absolute Gasteiger partial charge is 0.331 e. The smallest absolute Gasteiger partial charge is 0.256 e. The second kappa shape index (κ2) is 7.22. The summed E-state index contributed by atoms with van der Waals surface area (Å²) < 4.78 is 1.69. The minimum atomic E-state index is -0.154. The molecule has 6 heteroatoms. The van der Waals surface area contributed by atoms with E-state index in [-0.39, 0.29) is 11.7 Å². The highest BCUT2D eigenvalue weighted by Crippen LogP contribution is 2.30. The summed E-state index contributed by atoms with van der Waals surface area (Å²) in [6, 6.07) is 14.7. The molecule has 4 aromatic rings. The molecule has 5 rings (SSSR count). The minimum Gasteiger partial charge on any atom is -0.331 e. The van der Waals surface area contributed by atoms with Crippen LogP contribution in [0.3, 0.4) is 0 Å². The topological polar surface area (TPSA) is 76.9 Å². The van der Waals surface area contributed by atoms with Crippen LogP contribution in [0.15, 0.2) is 60.9 Å². The van der Waals surface area contributed by atoms with Gasteiger partial charge in [0.2, 0.25) is 5.78 Å². The Morgan fingerprint density at radius 3 is 2.60 bits per heavy atom. The van der Waals surface area contributed by atoms with E-state index in [1.165, 1.54) is 0 Å². The quantitative estimate of drug-likeness (QED) is 0.530. The molecule has 0 spiro atoms. The molecule has 0 aliphatic heterocycles. The standard InChI is InChI=1S/C24H20N4O2/c1-28-14-13-25-23(28)22(29)15-9-11-16(12-10-15)26-24(30)21-17-5-2-3-7-19(17)27-20-8-4-6-18(20)21/h2-3,5,7,9-14H,4,6,8H2,1H3,(H,26,30). The predicted molar refractivity (Wildman–Crippen MR) is 115 cm³/mol. The average Bonchev–Trinajstić information content (AvgIpc) is 3.40. The number of fused-ring (bicyclic) bond motifs is 2. The van der Waals surface area contributed by atoms with E-state index < -0.39 is 0 Å². The van der Waals surface area contributed by atoms with E-state index in [0.29, 0.717) is 22.6 Å². The van der Waals surface area contributed by atoms with Crippen molar-refractivity contribution in [2.75, 3.05) is 5.32 Å². The average molecular weight is 396 g/mol. The molecule has 1 aliphatic rings. The van der Waals surface area contributed by atoms with Gasteiger partial charge in [0.25, 0.3) is 5.91 Å². The number of imidazole rings is 1. The van der Waals surface area contributed by atoms with Crippen molar-refractivity contribution in [1.29, 1.82) is 0 Å². The zero-order valence-electron chi connectivity index (χ0n) is 16.6. The first-order valence-corrected chi connectivity index (χ1v) is 9.96. The van der Waals surface area contributed by atoms with Crippen molar-refractivity contribution in [3.05, 3.63) is 89.1 Å². The number of carbonyl (C=O) groups excluding carboxylic acids is 2. The molecule has 0 unspecified atom stereocenters. The maximum Gasteiger partial charge on any atom is 0.256 e. The zero-order chi connectivity index (χ0) is 20.7. The van der Waals surface area contributed by atoms with Crippen LogP contribution in [-0.2, 0) is 19.9 Å². The van der Waals surface area contributed by atoms with Gasteiger partial charge in [0.15, 0.2) is 5.82 Å². The van der Waals surface area contributed by atoms with Crippen molar-refractivity contribution in [3.63, 3.8) is 0 Å². The van der Waals surface area contributed by atoms with Crippen molar-refractivity contribution in [2.24, 2.45) is 7.05 Å². The van der Waals surface area contributed by atoms with Gasteiger partial charge in [-0.05, 0) is 55.2 Å². The SMILES string of the molecule is Cn1ccnc1C(=O)c1ccc(NC(=O)c2c3c(nc4ccccc24)CCC3)cc1. The number of pyridine rings is 1. The molecule has 0 bridgehead atoms. The van der Waals surface area contributed by atoms with Crippen LogP contribution in [0.5, 0.6) is 0 Å². The third-order valence-electron chi connectivity index (χ3n) is 5.58. The van der Waals surface area contributed by atoms with Gasteiger partial charge in [0, 0.05) is 41.8 Å². The van der Waals surface area contributed by atoms with E-state index in [0.717, 1.165) is 41.4 Å². The molecule has 2 heterocycles. The Morgan fingerprint density at radius 1 is 1.03 bits per heavy atom. The lowest BCUT2D eigenvalue weighted by Crippen LogP contribution is -2.16. The number of aromatic nitrogens is 3. The first kappa shape index (κ1) is 18.2. The normalized spacial score (nSPS) is 12.7. The lowest BCUT2D eigenvalue weighted by molar-refractivity contribution is 0.102. The van der Waals surface area contributed by atoms with Crippen molar-refractivity contribution in [2.45, 2.75) is 19.3 Å². The van der Waals surface area contributed by atoms with E-state index in [2.05, 4.69) is 10.3 Å². The second-order valence-corrected chi connectivity index (χ2v) is 7.51. The molecule has 0 radical (unpaired) electrons. The fourth-order valence-electron chi connectivity index (χ4n) is 4.08. The highest BCUT2D eigenvalue weighted by Gasteiger charge is 2.24. The fraction of sp³-hybridized carbons (Fsp3) is 0.167. The molecule has 2 aromatic heterocycles. The summed E-state index contributed by atoms with van der Waals surface area (Å²) in [5, 5.41) is 3.87. The molecular formula is C24H20N4O2. The van der Waals surface area contributed by atoms with Crippen molar-refractivity contribution in [3.8, 4) is 0 Å². The van der Waals surface area contributed by atoms with Crippen LogP contribution in [0.4, 0.5) is 5.69 Å². The highest BCUT2D eigenvalue weighted by atomic mass is 16.1. The lowest BCUT2D eigenvalue weighted by Gasteiger charge is -2.13. The van der Waals surface area contributed by atoms with Gasteiger partial charge < -0.3 is 9.88 Å². The molecule has 1 N–H and O–H groups in total. The Labute approximate surface area is 173 Å². The number of nitrogens with zero attached hydrogens (tertiary/aromatic N) is 3. The Hall–Kier alpha value is -3.80. The number of anilines is 1. The van der Waals surface area contributed by atoms with Crippen LogP contribution >= 0.6 is 0 Å². The van der Waals surface area contributed by atoms with Gasteiger partial charge in [-0.25, -0.2) is 4.98 Å². The van der Waals surface area contributed by atoms with Gasteiger partial charge in [-0.1, -0.05) is 18.2 Å². The number of hydrogen-bond donors (Lipinski definition) is 1. The molecule has 0 saturated heterocycles. The molecule has 0 fully saturated rings.